The van der Waals surface area contributed by atoms with Gasteiger partial charge in [0.2, 0.25) is 0 Å². The Hall–Kier alpha value is -1.41. The average molecular weight is 350 g/mol. The molecule has 0 saturated heterocycles. The summed E-state index contributed by atoms with van der Waals surface area (Å²) in [6, 6.07) is 0.489. The molecule has 1 unspecified atom stereocenters. The molecule has 132 valence electrons. The molecular formula is C16H26N6OS. The first-order valence-corrected chi connectivity index (χ1v) is 9.79. The van der Waals surface area contributed by atoms with Crippen molar-refractivity contribution in [3.8, 4) is 0 Å². The van der Waals surface area contributed by atoms with Gasteiger partial charge in [-0.15, -0.1) is 5.10 Å². The minimum Gasteiger partial charge on any atom is -0.391 e. The van der Waals surface area contributed by atoms with Crippen molar-refractivity contribution in [3.63, 3.8) is 0 Å². The predicted molar refractivity (Wildman–Crippen MR) is 96.2 cm³/mol. The maximum Gasteiger partial charge on any atom is 0.191 e. The number of hydrogen-bond acceptors (Lipinski definition) is 7. The molecule has 0 radical (unpaired) electrons. The Balaban J connectivity index is 1.91. The Kier molecular flexibility index (Phi) is 5.55. The minimum absolute atomic E-state index is 0.212. The zero-order valence-electron chi connectivity index (χ0n) is 14.6. The minimum atomic E-state index is -0.457. The van der Waals surface area contributed by atoms with Crippen molar-refractivity contribution in [2.45, 2.75) is 70.3 Å². The molecule has 3 rings (SSSR count). The van der Waals surface area contributed by atoms with Crippen LogP contribution in [-0.4, -0.2) is 48.0 Å². The highest BCUT2D eigenvalue weighted by Crippen LogP contribution is 2.29. The number of thioether (sulfide) groups is 1. The number of aliphatic hydroxyl groups excluding tert-OH is 1. The first-order valence-electron chi connectivity index (χ1n) is 8.81. The van der Waals surface area contributed by atoms with E-state index in [9.17, 15) is 5.11 Å². The molecule has 0 aromatic carbocycles. The second kappa shape index (κ2) is 7.65. The number of fused-ring (bicyclic) bond motifs is 1. The largest absolute Gasteiger partial charge is 0.391 e. The average Bonchev–Trinajstić information content (AvgIpc) is 3.31. The fraction of sp³-hybridized carbons (Fsp3) is 0.750. The van der Waals surface area contributed by atoms with Crippen LogP contribution < -0.4 is 5.32 Å². The lowest BCUT2D eigenvalue weighted by Gasteiger charge is -2.16. The molecular weight excluding hydrogens is 324 g/mol. The van der Waals surface area contributed by atoms with Crippen molar-refractivity contribution < 1.29 is 5.11 Å². The van der Waals surface area contributed by atoms with Gasteiger partial charge in [-0.1, -0.05) is 44.2 Å². The quantitative estimate of drug-likeness (QED) is 0.531. The SMILES string of the molecule is CCCSc1nc(NC2CC2)c2nnn(C[C@H](O)C(C)CC)c2n1. The molecule has 0 spiro atoms. The van der Waals surface area contributed by atoms with E-state index in [1.165, 1.54) is 12.8 Å². The maximum absolute atomic E-state index is 10.3. The van der Waals surface area contributed by atoms with Crippen molar-refractivity contribution in [3.05, 3.63) is 0 Å². The lowest BCUT2D eigenvalue weighted by atomic mass is 10.0. The molecule has 0 bridgehead atoms. The summed E-state index contributed by atoms with van der Waals surface area (Å²) in [5.74, 6) is 1.96. The number of anilines is 1. The predicted octanol–water partition coefficient (Wildman–Crippen LogP) is 2.70. The van der Waals surface area contributed by atoms with E-state index < -0.39 is 6.10 Å². The summed E-state index contributed by atoms with van der Waals surface area (Å²) in [5, 5.41) is 23.0. The van der Waals surface area contributed by atoms with Gasteiger partial charge in [0.1, 0.15) is 0 Å². The molecule has 1 saturated carbocycles. The van der Waals surface area contributed by atoms with Gasteiger partial charge in [-0.3, -0.25) is 0 Å². The molecule has 0 aliphatic heterocycles. The number of aromatic nitrogens is 5. The smallest absolute Gasteiger partial charge is 0.191 e. The van der Waals surface area contributed by atoms with Crippen molar-refractivity contribution in [1.82, 2.24) is 25.0 Å². The second-order valence-electron chi connectivity index (χ2n) is 6.52. The van der Waals surface area contributed by atoms with Crippen LogP contribution >= 0.6 is 11.8 Å². The van der Waals surface area contributed by atoms with E-state index in [1.54, 1.807) is 16.4 Å². The van der Waals surface area contributed by atoms with Crippen molar-refractivity contribution >= 4 is 28.7 Å². The van der Waals surface area contributed by atoms with E-state index in [1.807, 2.05) is 6.92 Å². The molecule has 2 heterocycles. The van der Waals surface area contributed by atoms with E-state index in [-0.39, 0.29) is 5.92 Å². The van der Waals surface area contributed by atoms with E-state index in [0.29, 0.717) is 23.8 Å². The Bertz CT molecular complexity index is 687. The highest BCUT2D eigenvalue weighted by atomic mass is 32.2. The van der Waals surface area contributed by atoms with Crippen LogP contribution in [0, 0.1) is 5.92 Å². The fourth-order valence-corrected chi connectivity index (χ4v) is 3.06. The van der Waals surface area contributed by atoms with Crippen LogP contribution in [0.2, 0.25) is 0 Å². The number of rotatable bonds is 9. The first-order chi connectivity index (χ1) is 11.6. The van der Waals surface area contributed by atoms with Crippen molar-refractivity contribution in [1.29, 1.82) is 0 Å². The number of aliphatic hydroxyl groups is 1. The van der Waals surface area contributed by atoms with Gasteiger partial charge in [-0.2, -0.15) is 0 Å². The molecule has 8 heteroatoms. The normalized spacial score (nSPS) is 17.2. The number of hydrogen-bond donors (Lipinski definition) is 2. The van der Waals surface area contributed by atoms with E-state index >= 15 is 0 Å². The zero-order chi connectivity index (χ0) is 17.1. The van der Waals surface area contributed by atoms with Gasteiger partial charge in [0.25, 0.3) is 0 Å². The number of nitrogens with zero attached hydrogens (tertiary/aromatic N) is 5. The first kappa shape index (κ1) is 17.4. The third-order valence-electron chi connectivity index (χ3n) is 4.36. The third-order valence-corrected chi connectivity index (χ3v) is 5.41. The van der Waals surface area contributed by atoms with Gasteiger partial charge in [-0.05, 0) is 25.2 Å². The molecule has 1 aliphatic rings. The van der Waals surface area contributed by atoms with Gasteiger partial charge in [0, 0.05) is 11.8 Å². The molecule has 1 aliphatic carbocycles. The summed E-state index contributed by atoms with van der Waals surface area (Å²) in [4.78, 5) is 9.26. The molecule has 2 aromatic heterocycles. The van der Waals surface area contributed by atoms with Gasteiger partial charge < -0.3 is 10.4 Å². The lowest BCUT2D eigenvalue weighted by Crippen LogP contribution is -2.24. The van der Waals surface area contributed by atoms with Crippen molar-refractivity contribution in [2.75, 3.05) is 11.1 Å². The molecule has 24 heavy (non-hydrogen) atoms. The highest BCUT2D eigenvalue weighted by molar-refractivity contribution is 7.99. The second-order valence-corrected chi connectivity index (χ2v) is 7.58. The summed E-state index contributed by atoms with van der Waals surface area (Å²) in [5.41, 5.74) is 1.40. The molecule has 2 aromatic rings. The van der Waals surface area contributed by atoms with Crippen molar-refractivity contribution in [2.24, 2.45) is 5.92 Å². The standard InChI is InChI=1S/C16H26N6OS/c1-4-8-24-16-18-14(17-11-6-7-11)13-15(19-16)22(21-20-13)9-12(23)10(3)5-2/h10-12,23H,4-9H2,1-3H3,(H,17,18,19)/t10?,12-/m0/s1. The van der Waals surface area contributed by atoms with E-state index in [2.05, 4.69) is 39.4 Å². The number of nitrogens with one attached hydrogen (secondary N) is 1. The van der Waals surface area contributed by atoms with Crippen LogP contribution in [0.1, 0.15) is 46.5 Å². The maximum atomic E-state index is 10.3. The van der Waals surface area contributed by atoms with E-state index in [0.717, 1.165) is 29.6 Å². The summed E-state index contributed by atoms with van der Waals surface area (Å²) >= 11 is 1.65. The summed E-state index contributed by atoms with van der Waals surface area (Å²) in [6.07, 6.45) is 3.88. The summed E-state index contributed by atoms with van der Waals surface area (Å²) < 4.78 is 1.71. The van der Waals surface area contributed by atoms with Crippen LogP contribution in [0.4, 0.5) is 5.82 Å². The van der Waals surface area contributed by atoms with Gasteiger partial charge >= 0.3 is 0 Å². The Morgan fingerprint density at radius 1 is 1.33 bits per heavy atom. The van der Waals surface area contributed by atoms with Crippen LogP contribution in [0.5, 0.6) is 0 Å². The molecule has 2 N–H and O–H groups in total. The lowest BCUT2D eigenvalue weighted by molar-refractivity contribution is 0.0934. The van der Waals surface area contributed by atoms with Crippen LogP contribution in [0.3, 0.4) is 0 Å². The van der Waals surface area contributed by atoms with Gasteiger partial charge in [0.05, 0.1) is 12.6 Å². The van der Waals surface area contributed by atoms with Crippen LogP contribution in [-0.2, 0) is 6.54 Å². The Labute approximate surface area is 146 Å². The topological polar surface area (TPSA) is 88.8 Å². The molecule has 0 amide bonds. The van der Waals surface area contributed by atoms with Crippen LogP contribution in [0.25, 0.3) is 11.2 Å². The monoisotopic (exact) mass is 350 g/mol. The Morgan fingerprint density at radius 2 is 2.12 bits per heavy atom. The molecule has 2 atom stereocenters. The van der Waals surface area contributed by atoms with Crippen LogP contribution in [0.15, 0.2) is 5.16 Å². The Morgan fingerprint density at radius 3 is 2.79 bits per heavy atom. The fourth-order valence-electron chi connectivity index (χ4n) is 2.37. The van der Waals surface area contributed by atoms with Gasteiger partial charge in [0.15, 0.2) is 22.1 Å². The summed E-state index contributed by atoms with van der Waals surface area (Å²) in [6.45, 7) is 6.67. The zero-order valence-corrected chi connectivity index (χ0v) is 15.4. The van der Waals surface area contributed by atoms with E-state index in [4.69, 9.17) is 0 Å². The molecule has 1 fully saturated rings. The molecule has 7 nitrogen and oxygen atoms in total. The summed E-state index contributed by atoms with van der Waals surface area (Å²) in [7, 11) is 0. The third kappa shape index (κ3) is 3.97. The highest BCUT2D eigenvalue weighted by Gasteiger charge is 2.25. The van der Waals surface area contributed by atoms with Gasteiger partial charge in [-0.25, -0.2) is 14.6 Å².